The maximum Gasteiger partial charge on any atom is 0.242 e. The van der Waals surface area contributed by atoms with Gasteiger partial charge in [-0.05, 0) is 36.8 Å². The normalized spacial score (nSPS) is 17.8. The van der Waals surface area contributed by atoms with Gasteiger partial charge in [0.25, 0.3) is 0 Å². The van der Waals surface area contributed by atoms with Crippen LogP contribution >= 0.6 is 0 Å². The zero-order chi connectivity index (χ0) is 13.9. The number of nitrogens with zero attached hydrogens (tertiary/aromatic N) is 1. The molecule has 1 saturated carbocycles. The predicted octanol–water partition coefficient (Wildman–Crippen LogP) is 1.98. The molecule has 0 aromatic carbocycles. The molecule has 5 nitrogen and oxygen atoms in total. The molecule has 2 rings (SSSR count). The Kier molecular flexibility index (Phi) is 4.10. The monoisotopic (exact) mass is 283 g/mol. The van der Waals surface area contributed by atoms with Crippen LogP contribution in [0.25, 0.3) is 0 Å². The van der Waals surface area contributed by atoms with Crippen LogP contribution in [0.3, 0.4) is 0 Å². The molecule has 0 aliphatic heterocycles. The number of sulfonamides is 1. The first-order valence-corrected chi connectivity index (χ1v) is 8.13. The fraction of sp³-hybridized carbons (Fsp3) is 0.615. The Morgan fingerprint density at radius 1 is 1.37 bits per heavy atom. The molecular weight excluding hydrogens is 262 g/mol. The minimum Gasteiger partial charge on any atom is -0.373 e. The highest BCUT2D eigenvalue weighted by Gasteiger charge is 2.36. The second-order valence-electron chi connectivity index (χ2n) is 5.16. The van der Waals surface area contributed by atoms with E-state index in [1.54, 1.807) is 19.2 Å². The molecule has 106 valence electrons. The van der Waals surface area contributed by atoms with Crippen LogP contribution < -0.4 is 10.0 Å². The lowest BCUT2D eigenvalue weighted by molar-refractivity contribution is 0.133. The van der Waals surface area contributed by atoms with E-state index in [0.717, 1.165) is 19.3 Å². The largest absolute Gasteiger partial charge is 0.373 e. The molecule has 1 heterocycles. The summed E-state index contributed by atoms with van der Waals surface area (Å²) in [6, 6.07) is 3.23. The second kappa shape index (κ2) is 5.46. The molecule has 0 amide bonds. The van der Waals surface area contributed by atoms with Gasteiger partial charge in [-0.2, -0.15) is 0 Å². The first kappa shape index (κ1) is 14.3. The van der Waals surface area contributed by atoms with Crippen LogP contribution in [0.15, 0.2) is 23.2 Å². The van der Waals surface area contributed by atoms with Gasteiger partial charge in [-0.25, -0.2) is 18.1 Å². The Bertz CT molecular complexity index is 516. The van der Waals surface area contributed by atoms with Crippen LogP contribution in [-0.4, -0.2) is 27.0 Å². The second-order valence-corrected chi connectivity index (χ2v) is 6.93. The smallest absolute Gasteiger partial charge is 0.242 e. The molecule has 6 heteroatoms. The van der Waals surface area contributed by atoms with Crippen LogP contribution in [0, 0.1) is 5.41 Å². The summed E-state index contributed by atoms with van der Waals surface area (Å²) in [7, 11) is -1.70. The van der Waals surface area contributed by atoms with E-state index in [0.29, 0.717) is 12.4 Å². The Morgan fingerprint density at radius 3 is 2.53 bits per heavy atom. The molecule has 1 aromatic heterocycles. The van der Waals surface area contributed by atoms with E-state index in [9.17, 15) is 8.42 Å². The van der Waals surface area contributed by atoms with Crippen LogP contribution in [0.2, 0.25) is 0 Å². The fourth-order valence-electron chi connectivity index (χ4n) is 2.35. The minimum absolute atomic E-state index is 0.172. The Labute approximate surface area is 114 Å². The molecule has 1 aliphatic carbocycles. The van der Waals surface area contributed by atoms with Gasteiger partial charge in [0.1, 0.15) is 10.7 Å². The number of hydrogen-bond acceptors (Lipinski definition) is 4. The van der Waals surface area contributed by atoms with E-state index in [4.69, 9.17) is 0 Å². The van der Waals surface area contributed by atoms with E-state index in [-0.39, 0.29) is 10.3 Å². The lowest BCUT2D eigenvalue weighted by atomic mass is 9.67. The number of anilines is 1. The molecule has 0 bridgehead atoms. The van der Waals surface area contributed by atoms with Crippen molar-refractivity contribution in [2.45, 2.75) is 37.5 Å². The molecule has 1 aliphatic rings. The van der Waals surface area contributed by atoms with Crippen molar-refractivity contribution < 1.29 is 8.42 Å². The molecule has 0 radical (unpaired) electrons. The highest BCUT2D eigenvalue weighted by atomic mass is 32.2. The van der Waals surface area contributed by atoms with E-state index in [1.165, 1.54) is 12.6 Å². The zero-order valence-electron chi connectivity index (χ0n) is 11.4. The summed E-state index contributed by atoms with van der Waals surface area (Å²) in [5, 5.41) is 2.86. The van der Waals surface area contributed by atoms with E-state index >= 15 is 0 Å². The Hall–Kier alpha value is -1.14. The molecule has 19 heavy (non-hydrogen) atoms. The van der Waals surface area contributed by atoms with Gasteiger partial charge in [-0.1, -0.05) is 13.3 Å². The van der Waals surface area contributed by atoms with Gasteiger partial charge in [-0.15, -0.1) is 0 Å². The minimum atomic E-state index is -3.45. The highest BCUT2D eigenvalue weighted by Crippen LogP contribution is 2.43. The standard InChI is InChI=1S/C13H21N3O2S/c1-3-13(7-4-8-13)10-16-19(17,18)11-5-6-12(14-2)15-9-11/h5-6,9,16H,3-4,7-8,10H2,1-2H3,(H,14,15). The van der Waals surface area contributed by atoms with Gasteiger partial charge >= 0.3 is 0 Å². The van der Waals surface area contributed by atoms with Crippen molar-refractivity contribution in [3.8, 4) is 0 Å². The predicted molar refractivity (Wildman–Crippen MR) is 75.5 cm³/mol. The van der Waals surface area contributed by atoms with E-state index in [2.05, 4.69) is 21.9 Å². The number of rotatable bonds is 6. The third-order valence-corrected chi connectivity index (χ3v) is 5.49. The summed E-state index contributed by atoms with van der Waals surface area (Å²) in [6.07, 6.45) is 5.83. The van der Waals surface area contributed by atoms with Gasteiger partial charge < -0.3 is 5.32 Å². The maximum absolute atomic E-state index is 12.2. The molecular formula is C13H21N3O2S. The summed E-state index contributed by atoms with van der Waals surface area (Å²) in [5.41, 5.74) is 0.172. The first-order valence-electron chi connectivity index (χ1n) is 6.65. The van der Waals surface area contributed by atoms with Crippen molar-refractivity contribution in [2.75, 3.05) is 18.9 Å². The van der Waals surface area contributed by atoms with Crippen LogP contribution in [0.5, 0.6) is 0 Å². The van der Waals surface area contributed by atoms with Crippen molar-refractivity contribution in [2.24, 2.45) is 5.41 Å². The van der Waals surface area contributed by atoms with Crippen LogP contribution in [0.1, 0.15) is 32.6 Å². The topological polar surface area (TPSA) is 71.1 Å². The number of hydrogen-bond donors (Lipinski definition) is 2. The average Bonchev–Trinajstić information content (AvgIpc) is 2.38. The summed E-state index contributed by atoms with van der Waals surface area (Å²) in [4.78, 5) is 4.25. The van der Waals surface area contributed by atoms with Crippen molar-refractivity contribution in [1.29, 1.82) is 0 Å². The Morgan fingerprint density at radius 2 is 2.11 bits per heavy atom. The first-order chi connectivity index (χ1) is 9.01. The Balaban J connectivity index is 2.05. The molecule has 2 N–H and O–H groups in total. The number of aromatic nitrogens is 1. The lowest BCUT2D eigenvalue weighted by Crippen LogP contribution is -2.41. The van der Waals surface area contributed by atoms with Crippen molar-refractivity contribution >= 4 is 15.8 Å². The summed E-state index contributed by atoms with van der Waals surface area (Å²) in [6.45, 7) is 2.65. The summed E-state index contributed by atoms with van der Waals surface area (Å²) >= 11 is 0. The van der Waals surface area contributed by atoms with E-state index < -0.39 is 10.0 Å². The van der Waals surface area contributed by atoms with Crippen LogP contribution in [0.4, 0.5) is 5.82 Å². The van der Waals surface area contributed by atoms with Crippen molar-refractivity contribution in [3.05, 3.63) is 18.3 Å². The van der Waals surface area contributed by atoms with Crippen molar-refractivity contribution in [1.82, 2.24) is 9.71 Å². The van der Waals surface area contributed by atoms with Gasteiger partial charge in [-0.3, -0.25) is 0 Å². The number of nitrogens with one attached hydrogen (secondary N) is 2. The van der Waals surface area contributed by atoms with Crippen LogP contribution in [-0.2, 0) is 10.0 Å². The lowest BCUT2D eigenvalue weighted by Gasteiger charge is -2.41. The van der Waals surface area contributed by atoms with Crippen molar-refractivity contribution in [3.63, 3.8) is 0 Å². The highest BCUT2D eigenvalue weighted by molar-refractivity contribution is 7.89. The van der Waals surface area contributed by atoms with E-state index in [1.807, 2.05) is 0 Å². The maximum atomic E-state index is 12.2. The average molecular weight is 283 g/mol. The summed E-state index contributed by atoms with van der Waals surface area (Å²) in [5.74, 6) is 0.656. The van der Waals surface area contributed by atoms with Gasteiger partial charge in [0.2, 0.25) is 10.0 Å². The third-order valence-electron chi connectivity index (χ3n) is 4.10. The molecule has 0 saturated heterocycles. The van der Waals surface area contributed by atoms with Gasteiger partial charge in [0.05, 0.1) is 0 Å². The molecule has 0 unspecified atom stereocenters. The van der Waals surface area contributed by atoms with Gasteiger partial charge in [0.15, 0.2) is 0 Å². The van der Waals surface area contributed by atoms with Gasteiger partial charge in [0, 0.05) is 19.8 Å². The quantitative estimate of drug-likeness (QED) is 0.837. The fourth-order valence-corrected chi connectivity index (χ4v) is 3.45. The third kappa shape index (κ3) is 3.06. The molecule has 1 aromatic rings. The molecule has 0 atom stereocenters. The summed E-state index contributed by atoms with van der Waals surface area (Å²) < 4.78 is 27.0. The zero-order valence-corrected chi connectivity index (χ0v) is 12.3. The molecule has 0 spiro atoms. The SMILES string of the molecule is CCC1(CNS(=O)(=O)c2ccc(NC)nc2)CCC1. The number of pyridine rings is 1. The molecule has 1 fully saturated rings.